The van der Waals surface area contributed by atoms with Crippen LogP contribution in [0, 0.1) is 0 Å². The van der Waals surface area contributed by atoms with Gasteiger partial charge >= 0.3 is 0 Å². The second kappa shape index (κ2) is 8.65. The average molecular weight is 404 g/mol. The van der Waals surface area contributed by atoms with Gasteiger partial charge in [-0.05, 0) is 55.3 Å². The molecule has 1 atom stereocenters. The van der Waals surface area contributed by atoms with Crippen LogP contribution in [0.15, 0.2) is 48.5 Å². The summed E-state index contributed by atoms with van der Waals surface area (Å²) in [5.74, 6) is 1.37. The summed E-state index contributed by atoms with van der Waals surface area (Å²) >= 11 is 0. The van der Waals surface area contributed by atoms with Crippen molar-refractivity contribution in [2.45, 2.75) is 25.9 Å². The summed E-state index contributed by atoms with van der Waals surface area (Å²) in [4.78, 5) is 14.9. The Bertz CT molecular complexity index is 907. The molecule has 0 aliphatic carbocycles. The van der Waals surface area contributed by atoms with Crippen molar-refractivity contribution >= 4 is 15.7 Å². The highest BCUT2D eigenvalue weighted by Gasteiger charge is 2.35. The standard InChI is InChI=1S/C21H25NO5S/c1-3-27-20-8-4-16(5-9-20)14-22(18-12-13-28(24,25)15-18)21(23)17-6-10-19(26-2)11-7-17/h4-11,18H,3,12-15H2,1-2H3/t18-/m0/s1. The van der Waals surface area contributed by atoms with Crippen molar-refractivity contribution in [3.8, 4) is 11.5 Å². The Morgan fingerprint density at radius 1 is 1.07 bits per heavy atom. The van der Waals surface area contributed by atoms with Crippen LogP contribution in [0.25, 0.3) is 0 Å². The van der Waals surface area contributed by atoms with Gasteiger partial charge in [0.25, 0.3) is 5.91 Å². The molecule has 2 aromatic carbocycles. The number of sulfone groups is 1. The van der Waals surface area contributed by atoms with Gasteiger partial charge in [-0.15, -0.1) is 0 Å². The Labute approximate surface area is 166 Å². The van der Waals surface area contributed by atoms with E-state index in [-0.39, 0.29) is 23.5 Å². The number of methoxy groups -OCH3 is 1. The number of carbonyl (C=O) groups excluding carboxylic acids is 1. The van der Waals surface area contributed by atoms with E-state index in [1.54, 1.807) is 36.3 Å². The molecule has 0 aromatic heterocycles. The lowest BCUT2D eigenvalue weighted by atomic mass is 10.1. The Balaban J connectivity index is 1.84. The zero-order valence-electron chi connectivity index (χ0n) is 16.1. The van der Waals surface area contributed by atoms with Gasteiger partial charge in [0.05, 0.1) is 25.2 Å². The quantitative estimate of drug-likeness (QED) is 0.711. The van der Waals surface area contributed by atoms with Crippen LogP contribution in [-0.2, 0) is 16.4 Å². The molecule has 150 valence electrons. The summed E-state index contributed by atoms with van der Waals surface area (Å²) < 4.78 is 34.6. The molecule has 1 fully saturated rings. The summed E-state index contributed by atoms with van der Waals surface area (Å²) in [7, 11) is -1.54. The fourth-order valence-electron chi connectivity index (χ4n) is 3.34. The maximum absolute atomic E-state index is 13.2. The molecule has 0 unspecified atom stereocenters. The van der Waals surface area contributed by atoms with Gasteiger partial charge in [0.1, 0.15) is 11.5 Å². The van der Waals surface area contributed by atoms with E-state index in [9.17, 15) is 13.2 Å². The van der Waals surface area contributed by atoms with Crippen molar-refractivity contribution in [1.29, 1.82) is 0 Å². The SMILES string of the molecule is CCOc1ccc(CN(C(=O)c2ccc(OC)cc2)[C@H]2CCS(=O)(=O)C2)cc1. The van der Waals surface area contributed by atoms with Crippen LogP contribution in [0.4, 0.5) is 0 Å². The van der Waals surface area contributed by atoms with Crippen molar-refractivity contribution in [1.82, 2.24) is 4.90 Å². The van der Waals surface area contributed by atoms with Crippen LogP contribution in [0.2, 0.25) is 0 Å². The zero-order valence-corrected chi connectivity index (χ0v) is 16.9. The first-order valence-corrected chi connectivity index (χ1v) is 11.1. The molecule has 1 heterocycles. The van der Waals surface area contributed by atoms with E-state index in [1.165, 1.54) is 0 Å². The van der Waals surface area contributed by atoms with Crippen molar-refractivity contribution in [2.75, 3.05) is 25.2 Å². The fraction of sp³-hybridized carbons (Fsp3) is 0.381. The molecule has 28 heavy (non-hydrogen) atoms. The van der Waals surface area contributed by atoms with Gasteiger partial charge in [0.2, 0.25) is 0 Å². The maximum Gasteiger partial charge on any atom is 0.254 e. The second-order valence-electron chi connectivity index (χ2n) is 6.80. The molecule has 1 saturated heterocycles. The van der Waals surface area contributed by atoms with Gasteiger partial charge in [0, 0.05) is 18.2 Å². The lowest BCUT2D eigenvalue weighted by Crippen LogP contribution is -2.40. The summed E-state index contributed by atoms with van der Waals surface area (Å²) in [6, 6.07) is 14.1. The molecule has 7 heteroatoms. The van der Waals surface area contributed by atoms with Crippen molar-refractivity contribution in [3.63, 3.8) is 0 Å². The number of benzene rings is 2. The lowest BCUT2D eigenvalue weighted by Gasteiger charge is -2.28. The molecule has 6 nitrogen and oxygen atoms in total. The number of carbonyl (C=O) groups is 1. The third-order valence-corrected chi connectivity index (χ3v) is 6.58. The molecule has 1 amide bonds. The van der Waals surface area contributed by atoms with Crippen molar-refractivity contribution < 1.29 is 22.7 Å². The van der Waals surface area contributed by atoms with Crippen LogP contribution in [0.1, 0.15) is 29.3 Å². The number of hydrogen-bond acceptors (Lipinski definition) is 5. The van der Waals surface area contributed by atoms with Gasteiger partial charge < -0.3 is 14.4 Å². The monoisotopic (exact) mass is 403 g/mol. The minimum atomic E-state index is -3.11. The Hall–Kier alpha value is -2.54. The molecule has 2 aromatic rings. The molecular weight excluding hydrogens is 378 g/mol. The topological polar surface area (TPSA) is 72.9 Å². The maximum atomic E-state index is 13.2. The first kappa shape index (κ1) is 20.2. The molecule has 3 rings (SSSR count). The minimum Gasteiger partial charge on any atom is -0.497 e. The Morgan fingerprint density at radius 2 is 1.71 bits per heavy atom. The molecule has 1 aliphatic heterocycles. The minimum absolute atomic E-state index is 0.00588. The highest BCUT2D eigenvalue weighted by molar-refractivity contribution is 7.91. The number of rotatable bonds is 7. The van der Waals surface area contributed by atoms with E-state index < -0.39 is 9.84 Å². The fourth-order valence-corrected chi connectivity index (χ4v) is 5.07. The first-order chi connectivity index (χ1) is 13.4. The summed E-state index contributed by atoms with van der Waals surface area (Å²) in [6.07, 6.45) is 0.460. The molecular formula is C21H25NO5S. The van der Waals surface area contributed by atoms with Gasteiger partial charge in [-0.3, -0.25) is 4.79 Å². The van der Waals surface area contributed by atoms with E-state index in [1.807, 2.05) is 31.2 Å². The first-order valence-electron chi connectivity index (χ1n) is 9.29. The Kier molecular flexibility index (Phi) is 6.24. The predicted molar refractivity (Wildman–Crippen MR) is 108 cm³/mol. The molecule has 0 saturated carbocycles. The average Bonchev–Trinajstić information content (AvgIpc) is 3.06. The highest BCUT2D eigenvalue weighted by atomic mass is 32.2. The summed E-state index contributed by atoms with van der Waals surface area (Å²) in [5, 5.41) is 0. The largest absolute Gasteiger partial charge is 0.497 e. The summed E-state index contributed by atoms with van der Waals surface area (Å²) in [5.41, 5.74) is 1.44. The van der Waals surface area contributed by atoms with Gasteiger partial charge in [-0.2, -0.15) is 0 Å². The van der Waals surface area contributed by atoms with Crippen molar-refractivity contribution in [3.05, 3.63) is 59.7 Å². The van der Waals surface area contributed by atoms with E-state index >= 15 is 0 Å². The van der Waals surface area contributed by atoms with Gasteiger partial charge in [-0.1, -0.05) is 12.1 Å². The van der Waals surface area contributed by atoms with Crippen LogP contribution < -0.4 is 9.47 Å². The normalized spacial score (nSPS) is 17.9. The smallest absolute Gasteiger partial charge is 0.254 e. The van der Waals surface area contributed by atoms with E-state index in [2.05, 4.69) is 0 Å². The zero-order chi connectivity index (χ0) is 20.1. The van der Waals surface area contributed by atoms with Crippen LogP contribution in [0.5, 0.6) is 11.5 Å². The number of nitrogens with zero attached hydrogens (tertiary/aromatic N) is 1. The van der Waals surface area contributed by atoms with Gasteiger partial charge in [0.15, 0.2) is 9.84 Å². The molecule has 0 N–H and O–H groups in total. The van der Waals surface area contributed by atoms with Crippen molar-refractivity contribution in [2.24, 2.45) is 0 Å². The third kappa shape index (κ3) is 4.84. The highest BCUT2D eigenvalue weighted by Crippen LogP contribution is 2.24. The van der Waals surface area contributed by atoms with Crippen LogP contribution in [-0.4, -0.2) is 50.5 Å². The lowest BCUT2D eigenvalue weighted by molar-refractivity contribution is 0.0681. The molecule has 0 spiro atoms. The number of hydrogen-bond donors (Lipinski definition) is 0. The van der Waals surface area contributed by atoms with Crippen LogP contribution in [0.3, 0.4) is 0 Å². The molecule has 1 aliphatic rings. The number of amides is 1. The second-order valence-corrected chi connectivity index (χ2v) is 9.02. The third-order valence-electron chi connectivity index (χ3n) is 4.83. The number of ether oxygens (including phenoxy) is 2. The van der Waals surface area contributed by atoms with E-state index in [0.29, 0.717) is 30.9 Å². The predicted octanol–water partition coefficient (Wildman–Crippen LogP) is 2.92. The molecule has 0 radical (unpaired) electrons. The van der Waals surface area contributed by atoms with Crippen LogP contribution >= 0.6 is 0 Å². The van der Waals surface area contributed by atoms with E-state index in [0.717, 1.165) is 11.3 Å². The van der Waals surface area contributed by atoms with Gasteiger partial charge in [-0.25, -0.2) is 8.42 Å². The summed E-state index contributed by atoms with van der Waals surface area (Å²) in [6.45, 7) is 2.85. The van der Waals surface area contributed by atoms with E-state index in [4.69, 9.17) is 9.47 Å². The molecule has 0 bridgehead atoms. The Morgan fingerprint density at radius 3 is 2.25 bits per heavy atom.